The van der Waals surface area contributed by atoms with Crippen LogP contribution in [-0.2, 0) is 4.79 Å². The summed E-state index contributed by atoms with van der Waals surface area (Å²) in [5.74, 6) is 0.567. The van der Waals surface area contributed by atoms with Crippen LogP contribution in [0.25, 0.3) is 0 Å². The molecule has 0 saturated carbocycles. The van der Waals surface area contributed by atoms with Crippen LogP contribution in [0, 0.1) is 13.8 Å². The summed E-state index contributed by atoms with van der Waals surface area (Å²) in [5.41, 5.74) is 8.99. The maximum atomic E-state index is 11.8. The van der Waals surface area contributed by atoms with Gasteiger partial charge < -0.3 is 15.8 Å². The summed E-state index contributed by atoms with van der Waals surface area (Å²) >= 11 is 0. The van der Waals surface area contributed by atoms with Gasteiger partial charge >= 0.3 is 0 Å². The number of hydrogen-bond acceptors (Lipinski definition) is 3. The highest BCUT2D eigenvalue weighted by Gasteiger charge is 2.07. The van der Waals surface area contributed by atoms with Crippen LogP contribution in [0.2, 0.25) is 0 Å². The monoisotopic (exact) mass is 270 g/mol. The zero-order valence-electron chi connectivity index (χ0n) is 11.6. The lowest BCUT2D eigenvalue weighted by Gasteiger charge is -2.12. The number of ether oxygens (including phenoxy) is 1. The van der Waals surface area contributed by atoms with Crippen LogP contribution in [0.5, 0.6) is 5.75 Å². The Morgan fingerprint density at radius 2 is 1.70 bits per heavy atom. The molecule has 0 atom stereocenters. The van der Waals surface area contributed by atoms with E-state index < -0.39 is 0 Å². The molecule has 0 radical (unpaired) electrons. The number of nitrogen functional groups attached to an aromatic ring is 1. The maximum Gasteiger partial charge on any atom is 0.262 e. The van der Waals surface area contributed by atoms with Gasteiger partial charge in [-0.3, -0.25) is 4.79 Å². The lowest BCUT2D eigenvalue weighted by Crippen LogP contribution is -2.20. The average molecular weight is 270 g/mol. The highest BCUT2D eigenvalue weighted by Crippen LogP contribution is 2.22. The second-order valence-electron chi connectivity index (χ2n) is 4.68. The molecule has 2 aromatic rings. The number of carbonyl (C=O) groups excluding carboxylic acids is 1. The molecule has 0 spiro atoms. The molecule has 4 heteroatoms. The number of para-hydroxylation sites is 1. The first-order valence-electron chi connectivity index (χ1n) is 6.40. The Bertz CT molecular complexity index is 586. The van der Waals surface area contributed by atoms with E-state index in [0.29, 0.717) is 11.4 Å². The van der Waals surface area contributed by atoms with E-state index in [4.69, 9.17) is 10.5 Å². The fraction of sp³-hybridized carbons (Fsp3) is 0.188. The minimum absolute atomic E-state index is 0.0178. The molecule has 4 nitrogen and oxygen atoms in total. The Balaban J connectivity index is 1.94. The van der Waals surface area contributed by atoms with Crippen LogP contribution in [0.3, 0.4) is 0 Å². The topological polar surface area (TPSA) is 64.3 Å². The number of amides is 1. The average Bonchev–Trinajstić information content (AvgIpc) is 2.41. The van der Waals surface area contributed by atoms with Crippen LogP contribution < -0.4 is 15.8 Å². The number of benzene rings is 2. The van der Waals surface area contributed by atoms with Crippen molar-refractivity contribution in [3.05, 3.63) is 53.6 Å². The first-order chi connectivity index (χ1) is 9.56. The normalized spacial score (nSPS) is 10.1. The summed E-state index contributed by atoms with van der Waals surface area (Å²) in [5, 5.41) is 2.76. The molecule has 3 N–H and O–H groups in total. The van der Waals surface area contributed by atoms with E-state index in [0.717, 1.165) is 16.9 Å². The van der Waals surface area contributed by atoms with Gasteiger partial charge in [-0.05, 0) is 49.2 Å². The fourth-order valence-electron chi connectivity index (χ4n) is 1.93. The number of hydrogen-bond donors (Lipinski definition) is 2. The molecule has 2 aromatic carbocycles. The molecule has 1 amide bonds. The van der Waals surface area contributed by atoms with Crippen LogP contribution in [0.1, 0.15) is 11.1 Å². The molecule has 0 aromatic heterocycles. The van der Waals surface area contributed by atoms with Gasteiger partial charge in [0.05, 0.1) is 0 Å². The molecule has 0 aliphatic heterocycles. The van der Waals surface area contributed by atoms with E-state index >= 15 is 0 Å². The molecule has 0 aliphatic carbocycles. The van der Waals surface area contributed by atoms with Gasteiger partial charge in [-0.1, -0.05) is 18.2 Å². The summed E-state index contributed by atoms with van der Waals surface area (Å²) in [6.45, 7) is 3.90. The van der Waals surface area contributed by atoms with Crippen molar-refractivity contribution in [1.29, 1.82) is 0 Å². The lowest BCUT2D eigenvalue weighted by molar-refractivity contribution is -0.118. The first-order valence-corrected chi connectivity index (χ1v) is 6.40. The van der Waals surface area contributed by atoms with Crippen molar-refractivity contribution >= 4 is 17.3 Å². The third-order valence-corrected chi connectivity index (χ3v) is 2.95. The predicted molar refractivity (Wildman–Crippen MR) is 80.9 cm³/mol. The summed E-state index contributed by atoms with van der Waals surface area (Å²) in [6.07, 6.45) is 0. The Morgan fingerprint density at radius 1 is 1.10 bits per heavy atom. The smallest absolute Gasteiger partial charge is 0.262 e. The second kappa shape index (κ2) is 6.10. The van der Waals surface area contributed by atoms with Crippen molar-refractivity contribution in [1.82, 2.24) is 0 Å². The van der Waals surface area contributed by atoms with E-state index in [1.54, 1.807) is 24.3 Å². The Kier molecular flexibility index (Phi) is 4.25. The minimum Gasteiger partial charge on any atom is -0.483 e. The quantitative estimate of drug-likeness (QED) is 0.840. The zero-order valence-corrected chi connectivity index (χ0v) is 11.6. The number of anilines is 2. The van der Waals surface area contributed by atoms with E-state index in [9.17, 15) is 4.79 Å². The molecule has 0 heterocycles. The number of nitrogens with one attached hydrogen (secondary N) is 1. The Labute approximate surface area is 118 Å². The largest absolute Gasteiger partial charge is 0.483 e. The number of nitrogens with two attached hydrogens (primary N) is 1. The molecule has 0 fully saturated rings. The molecule has 0 bridgehead atoms. The molecular formula is C16H18N2O2. The minimum atomic E-state index is -0.197. The number of aryl methyl sites for hydroxylation is 2. The molecule has 20 heavy (non-hydrogen) atoms. The van der Waals surface area contributed by atoms with Crippen molar-refractivity contribution in [2.75, 3.05) is 17.7 Å². The second-order valence-corrected chi connectivity index (χ2v) is 4.68. The van der Waals surface area contributed by atoms with Crippen LogP contribution in [0.15, 0.2) is 42.5 Å². The van der Waals surface area contributed by atoms with Gasteiger partial charge in [0.25, 0.3) is 5.91 Å². The van der Waals surface area contributed by atoms with Gasteiger partial charge in [-0.2, -0.15) is 0 Å². The third kappa shape index (κ3) is 3.51. The van der Waals surface area contributed by atoms with Crippen molar-refractivity contribution in [2.45, 2.75) is 13.8 Å². The zero-order chi connectivity index (χ0) is 14.5. The van der Waals surface area contributed by atoms with Gasteiger partial charge in [0.15, 0.2) is 6.61 Å². The lowest BCUT2D eigenvalue weighted by atomic mass is 10.1. The molecule has 104 valence electrons. The van der Waals surface area contributed by atoms with Crippen molar-refractivity contribution in [3.8, 4) is 5.75 Å². The van der Waals surface area contributed by atoms with E-state index in [2.05, 4.69) is 5.32 Å². The third-order valence-electron chi connectivity index (χ3n) is 2.95. The SMILES string of the molecule is Cc1cccc(C)c1OCC(=O)Nc1ccc(N)cc1. The predicted octanol–water partition coefficient (Wildman–Crippen LogP) is 2.90. The van der Waals surface area contributed by atoms with E-state index in [-0.39, 0.29) is 12.5 Å². The Morgan fingerprint density at radius 3 is 2.30 bits per heavy atom. The van der Waals surface area contributed by atoms with E-state index in [1.807, 2.05) is 32.0 Å². The summed E-state index contributed by atoms with van der Waals surface area (Å²) in [6, 6.07) is 12.9. The summed E-state index contributed by atoms with van der Waals surface area (Å²) < 4.78 is 5.59. The van der Waals surface area contributed by atoms with Crippen LogP contribution >= 0.6 is 0 Å². The van der Waals surface area contributed by atoms with Crippen molar-refractivity contribution in [2.24, 2.45) is 0 Å². The number of rotatable bonds is 4. The summed E-state index contributed by atoms with van der Waals surface area (Å²) in [7, 11) is 0. The highest BCUT2D eigenvalue weighted by molar-refractivity contribution is 5.92. The molecule has 0 saturated heterocycles. The van der Waals surface area contributed by atoms with E-state index in [1.165, 1.54) is 0 Å². The molecule has 0 unspecified atom stereocenters. The van der Waals surface area contributed by atoms with Gasteiger partial charge in [-0.25, -0.2) is 0 Å². The molecule has 2 rings (SSSR count). The fourth-order valence-corrected chi connectivity index (χ4v) is 1.93. The number of carbonyl (C=O) groups is 1. The van der Waals surface area contributed by atoms with Crippen LogP contribution in [0.4, 0.5) is 11.4 Å². The first kappa shape index (κ1) is 13.9. The summed E-state index contributed by atoms with van der Waals surface area (Å²) in [4.78, 5) is 11.8. The van der Waals surface area contributed by atoms with Gasteiger partial charge in [-0.15, -0.1) is 0 Å². The van der Waals surface area contributed by atoms with Gasteiger partial charge in [0.1, 0.15) is 5.75 Å². The highest BCUT2D eigenvalue weighted by atomic mass is 16.5. The van der Waals surface area contributed by atoms with Crippen LogP contribution in [-0.4, -0.2) is 12.5 Å². The van der Waals surface area contributed by atoms with Gasteiger partial charge in [0, 0.05) is 11.4 Å². The van der Waals surface area contributed by atoms with Crippen molar-refractivity contribution in [3.63, 3.8) is 0 Å². The maximum absolute atomic E-state index is 11.8. The standard InChI is InChI=1S/C16H18N2O2/c1-11-4-3-5-12(2)16(11)20-10-15(19)18-14-8-6-13(17)7-9-14/h3-9H,10,17H2,1-2H3,(H,18,19). The van der Waals surface area contributed by atoms with Gasteiger partial charge in [0.2, 0.25) is 0 Å². The molecular weight excluding hydrogens is 252 g/mol. The van der Waals surface area contributed by atoms with Crippen molar-refractivity contribution < 1.29 is 9.53 Å². The molecule has 0 aliphatic rings. The Hall–Kier alpha value is -2.49.